The van der Waals surface area contributed by atoms with Crippen LogP contribution in [0.1, 0.15) is 67.7 Å². The molecule has 1 heterocycles. The van der Waals surface area contributed by atoms with Crippen LogP contribution in [0.4, 0.5) is 13.2 Å². The number of nitrogens with one attached hydrogen (secondary N) is 3. The number of alkyl halides is 3. The van der Waals surface area contributed by atoms with Crippen LogP contribution in [0, 0.1) is 5.92 Å². The highest BCUT2D eigenvalue weighted by atomic mass is 19.4. The minimum absolute atomic E-state index is 0.0997. The molecule has 0 bridgehead atoms. The number of Topliss-reactive ketones (excluding diaryl/α,β-unsaturated/α-hetero) is 1. The standard InChI is InChI=1S/C26H33F3N4O7/c1-5-17(25(39)40)31-22(36)16-10-8-15(9-11-16)21(35)30-14(4)24(38)33-12-6-7-18(33)23(37)32-19(13(2)3)20(34)26(27,28)29/h8-11,13-14,17-19H,5-7,12H2,1-4H3,(H,30,35)(H,31,36)(H,32,37)(H,39,40)/t14-,17?,18-,19?/m0/s1. The smallest absolute Gasteiger partial charge is 0.452 e. The lowest BCUT2D eigenvalue weighted by Crippen LogP contribution is -2.56. The zero-order valence-corrected chi connectivity index (χ0v) is 22.5. The van der Waals surface area contributed by atoms with Crippen LogP contribution < -0.4 is 16.0 Å². The molecule has 0 aromatic heterocycles. The van der Waals surface area contributed by atoms with Gasteiger partial charge in [0.15, 0.2) is 0 Å². The van der Waals surface area contributed by atoms with E-state index in [0.717, 1.165) is 4.90 Å². The van der Waals surface area contributed by atoms with E-state index >= 15 is 0 Å². The van der Waals surface area contributed by atoms with Crippen molar-refractivity contribution in [1.82, 2.24) is 20.9 Å². The largest absolute Gasteiger partial charge is 0.480 e. The molecule has 1 aliphatic heterocycles. The van der Waals surface area contributed by atoms with Crippen LogP contribution in [0.5, 0.6) is 0 Å². The quantitative estimate of drug-likeness (QED) is 0.315. The average molecular weight is 571 g/mol. The lowest BCUT2D eigenvalue weighted by Gasteiger charge is -2.29. The van der Waals surface area contributed by atoms with Gasteiger partial charge in [0.1, 0.15) is 18.1 Å². The van der Waals surface area contributed by atoms with Gasteiger partial charge in [0.2, 0.25) is 11.8 Å². The Balaban J connectivity index is 2.04. The summed E-state index contributed by atoms with van der Waals surface area (Å²) in [4.78, 5) is 74.9. The number of carbonyl (C=O) groups is 6. The van der Waals surface area contributed by atoms with Gasteiger partial charge in [0.25, 0.3) is 17.6 Å². The molecule has 1 fully saturated rings. The minimum Gasteiger partial charge on any atom is -0.480 e. The number of carboxylic acid groups (broad SMARTS) is 1. The number of benzene rings is 1. The van der Waals surface area contributed by atoms with E-state index in [1.807, 2.05) is 0 Å². The van der Waals surface area contributed by atoms with Crippen molar-refractivity contribution >= 4 is 35.4 Å². The molecule has 0 aliphatic carbocycles. The van der Waals surface area contributed by atoms with Crippen molar-refractivity contribution in [2.45, 2.75) is 77.3 Å². The number of nitrogens with zero attached hydrogens (tertiary/aromatic N) is 1. The Morgan fingerprint density at radius 3 is 1.93 bits per heavy atom. The molecule has 40 heavy (non-hydrogen) atoms. The zero-order chi connectivity index (χ0) is 30.4. The van der Waals surface area contributed by atoms with E-state index in [-0.39, 0.29) is 30.5 Å². The van der Waals surface area contributed by atoms with E-state index in [1.54, 1.807) is 6.92 Å². The summed E-state index contributed by atoms with van der Waals surface area (Å²) in [6.07, 6.45) is -4.39. The second kappa shape index (κ2) is 13.4. The van der Waals surface area contributed by atoms with E-state index in [4.69, 9.17) is 5.11 Å². The molecule has 1 saturated heterocycles. The molecule has 0 spiro atoms. The van der Waals surface area contributed by atoms with Crippen molar-refractivity contribution in [3.63, 3.8) is 0 Å². The van der Waals surface area contributed by atoms with Crippen molar-refractivity contribution in [2.75, 3.05) is 6.54 Å². The number of aliphatic carboxylic acids is 1. The van der Waals surface area contributed by atoms with Crippen LogP contribution in [0.15, 0.2) is 24.3 Å². The number of likely N-dealkylation sites (tertiary alicyclic amines) is 1. The van der Waals surface area contributed by atoms with Gasteiger partial charge in [0, 0.05) is 17.7 Å². The van der Waals surface area contributed by atoms with Crippen molar-refractivity contribution < 1.29 is 47.0 Å². The summed E-state index contributed by atoms with van der Waals surface area (Å²) in [5.41, 5.74) is 0.220. The number of carbonyl (C=O) groups excluding carboxylic acids is 5. The Morgan fingerprint density at radius 2 is 1.48 bits per heavy atom. The topological polar surface area (TPSA) is 162 Å². The number of carboxylic acids is 1. The molecule has 2 unspecified atom stereocenters. The van der Waals surface area contributed by atoms with Crippen molar-refractivity contribution in [1.29, 1.82) is 0 Å². The lowest BCUT2D eigenvalue weighted by atomic mass is 9.98. The molecule has 14 heteroatoms. The van der Waals surface area contributed by atoms with Crippen LogP contribution in [0.3, 0.4) is 0 Å². The highest BCUT2D eigenvalue weighted by Gasteiger charge is 2.46. The maximum absolute atomic E-state index is 13.1. The third-order valence-electron chi connectivity index (χ3n) is 6.50. The van der Waals surface area contributed by atoms with Crippen LogP contribution in [-0.4, -0.2) is 82.3 Å². The zero-order valence-electron chi connectivity index (χ0n) is 22.5. The molecular weight excluding hydrogens is 537 g/mol. The van der Waals surface area contributed by atoms with Gasteiger partial charge in [-0.1, -0.05) is 20.8 Å². The Bertz CT molecular complexity index is 1140. The first kappa shape index (κ1) is 32.2. The van der Waals surface area contributed by atoms with Crippen molar-refractivity contribution in [3.8, 4) is 0 Å². The van der Waals surface area contributed by atoms with Gasteiger partial charge < -0.3 is 26.0 Å². The monoisotopic (exact) mass is 570 g/mol. The second-order valence-corrected chi connectivity index (χ2v) is 9.83. The molecule has 0 saturated carbocycles. The fourth-order valence-electron chi connectivity index (χ4n) is 4.21. The maximum Gasteiger partial charge on any atom is 0.452 e. The molecule has 4 N–H and O–H groups in total. The van der Waals surface area contributed by atoms with E-state index in [2.05, 4.69) is 16.0 Å². The van der Waals surface area contributed by atoms with Gasteiger partial charge in [-0.3, -0.25) is 24.0 Å². The Labute approximate surface area is 228 Å². The fourth-order valence-corrected chi connectivity index (χ4v) is 4.21. The van der Waals surface area contributed by atoms with Gasteiger partial charge in [-0.2, -0.15) is 13.2 Å². The molecular formula is C26H33F3N4O7. The summed E-state index contributed by atoms with van der Waals surface area (Å²) in [5.74, 6) is -6.93. The lowest BCUT2D eigenvalue weighted by molar-refractivity contribution is -0.175. The summed E-state index contributed by atoms with van der Waals surface area (Å²) in [6.45, 7) is 5.84. The van der Waals surface area contributed by atoms with E-state index in [1.165, 1.54) is 45.0 Å². The predicted molar refractivity (Wildman–Crippen MR) is 135 cm³/mol. The first-order chi connectivity index (χ1) is 18.6. The molecule has 4 atom stereocenters. The Morgan fingerprint density at radius 1 is 0.950 bits per heavy atom. The normalized spacial score (nSPS) is 17.5. The number of hydrogen-bond donors (Lipinski definition) is 4. The second-order valence-electron chi connectivity index (χ2n) is 9.83. The summed E-state index contributed by atoms with van der Waals surface area (Å²) in [7, 11) is 0. The third-order valence-corrected chi connectivity index (χ3v) is 6.50. The summed E-state index contributed by atoms with van der Waals surface area (Å²) < 4.78 is 38.9. The molecule has 4 amide bonds. The molecule has 1 aromatic rings. The molecule has 1 aliphatic rings. The van der Waals surface area contributed by atoms with Crippen molar-refractivity contribution in [2.24, 2.45) is 5.92 Å². The summed E-state index contributed by atoms with van der Waals surface area (Å²) in [5, 5.41) is 16.1. The predicted octanol–water partition coefficient (Wildman–Crippen LogP) is 1.66. The van der Waals surface area contributed by atoms with Gasteiger partial charge in [0.05, 0.1) is 6.04 Å². The molecule has 220 valence electrons. The van der Waals surface area contributed by atoms with Gasteiger partial charge >= 0.3 is 12.1 Å². The SMILES string of the molecule is CCC(NC(=O)c1ccc(C(=O)N[C@@H](C)C(=O)N2CCC[C@H]2C(=O)NC(C(=O)C(F)(F)F)C(C)C)cc1)C(=O)O. The van der Waals surface area contributed by atoms with Gasteiger partial charge in [-0.15, -0.1) is 0 Å². The highest BCUT2D eigenvalue weighted by molar-refractivity contribution is 6.01. The van der Waals surface area contributed by atoms with Crippen LogP contribution in [0.2, 0.25) is 0 Å². The average Bonchev–Trinajstić information content (AvgIpc) is 3.38. The van der Waals surface area contributed by atoms with E-state index < -0.39 is 71.6 Å². The van der Waals surface area contributed by atoms with Crippen LogP contribution in [0.25, 0.3) is 0 Å². The fraction of sp³-hybridized carbons (Fsp3) is 0.538. The molecule has 0 radical (unpaired) electrons. The summed E-state index contributed by atoms with van der Waals surface area (Å²) >= 11 is 0. The minimum atomic E-state index is -5.13. The Hall–Kier alpha value is -3.97. The van der Waals surface area contributed by atoms with E-state index in [0.29, 0.717) is 6.42 Å². The molecule has 11 nitrogen and oxygen atoms in total. The summed E-state index contributed by atoms with van der Waals surface area (Å²) in [6, 6.07) is 0.188. The first-order valence-corrected chi connectivity index (χ1v) is 12.7. The first-order valence-electron chi connectivity index (χ1n) is 12.7. The third kappa shape index (κ3) is 8.02. The number of rotatable bonds is 11. The van der Waals surface area contributed by atoms with Gasteiger partial charge in [-0.05, 0) is 56.4 Å². The number of hydrogen-bond acceptors (Lipinski definition) is 6. The van der Waals surface area contributed by atoms with Gasteiger partial charge in [-0.25, -0.2) is 4.79 Å². The molecule has 1 aromatic carbocycles. The number of ketones is 1. The Kier molecular flexibility index (Phi) is 10.8. The molecule has 2 rings (SSSR count). The number of amides is 4. The van der Waals surface area contributed by atoms with Crippen LogP contribution in [-0.2, 0) is 19.2 Å². The number of halogens is 3. The van der Waals surface area contributed by atoms with Crippen molar-refractivity contribution in [3.05, 3.63) is 35.4 Å². The van der Waals surface area contributed by atoms with E-state index in [9.17, 15) is 41.9 Å². The highest BCUT2D eigenvalue weighted by Crippen LogP contribution is 2.23. The maximum atomic E-state index is 13.1. The van der Waals surface area contributed by atoms with Crippen LogP contribution >= 0.6 is 0 Å².